The second kappa shape index (κ2) is 3.80. The van der Waals surface area contributed by atoms with Gasteiger partial charge in [-0.3, -0.25) is 4.98 Å². The van der Waals surface area contributed by atoms with Crippen molar-refractivity contribution in [2.24, 2.45) is 0 Å². The van der Waals surface area contributed by atoms with E-state index in [0.29, 0.717) is 16.8 Å². The fourth-order valence-corrected chi connectivity index (χ4v) is 1.10. The lowest BCUT2D eigenvalue weighted by Crippen LogP contribution is -1.93. The van der Waals surface area contributed by atoms with Gasteiger partial charge in [-0.2, -0.15) is 0 Å². The summed E-state index contributed by atoms with van der Waals surface area (Å²) in [7, 11) is 0. The molecule has 0 aliphatic carbocycles. The molecule has 0 saturated heterocycles. The second-order valence-corrected chi connectivity index (χ2v) is 2.76. The number of H-pyrrole nitrogens is 1. The molecule has 0 aliphatic rings. The topological polar surface area (TPSA) is 76.0 Å². The van der Waals surface area contributed by atoms with E-state index in [1.54, 1.807) is 6.07 Å². The molecule has 15 heavy (non-hydrogen) atoms. The van der Waals surface area contributed by atoms with Crippen molar-refractivity contribution in [3.63, 3.8) is 0 Å². The largest absolute Gasteiger partial charge is 0.418 e. The van der Waals surface area contributed by atoms with Crippen LogP contribution in [0.3, 0.4) is 0 Å². The summed E-state index contributed by atoms with van der Waals surface area (Å²) in [5, 5.41) is 0. The van der Waals surface area contributed by atoms with Crippen molar-refractivity contribution < 1.29 is 9.21 Å². The second-order valence-electron chi connectivity index (χ2n) is 2.76. The van der Waals surface area contributed by atoms with Crippen molar-refractivity contribution in [2.75, 3.05) is 0 Å². The average Bonchev–Trinajstić information content (AvgIpc) is 2.57. The molecule has 0 spiro atoms. The van der Waals surface area contributed by atoms with Crippen molar-refractivity contribution in [3.8, 4) is 11.8 Å². The van der Waals surface area contributed by atoms with Gasteiger partial charge in [0.1, 0.15) is 6.29 Å². The molecule has 74 valence electrons. The minimum absolute atomic E-state index is 0.176. The number of oxazole rings is 1. The summed E-state index contributed by atoms with van der Waals surface area (Å²) in [6.45, 7) is 0. The summed E-state index contributed by atoms with van der Waals surface area (Å²) in [4.78, 5) is 27.2. The Kier molecular flexibility index (Phi) is 2.33. The molecule has 2 aromatic heterocycles. The quantitative estimate of drug-likeness (QED) is 0.538. The molecule has 0 radical (unpaired) electrons. The van der Waals surface area contributed by atoms with Gasteiger partial charge in [-0.1, -0.05) is 11.8 Å². The smallest absolute Gasteiger partial charge is 0.406 e. The number of carbonyl (C=O) groups excluding carboxylic acids is 1. The number of aromatic amines is 1. The molecule has 0 amide bonds. The SMILES string of the molecule is O=CCC#Cc1cnc2[nH]c(=O)oc2c1. The zero-order chi connectivity index (χ0) is 10.7. The van der Waals surface area contributed by atoms with Crippen LogP contribution in [-0.2, 0) is 4.79 Å². The Labute approximate surface area is 84.1 Å². The summed E-state index contributed by atoms with van der Waals surface area (Å²) in [6.07, 6.45) is 2.40. The van der Waals surface area contributed by atoms with Crippen LogP contribution >= 0.6 is 0 Å². The minimum Gasteiger partial charge on any atom is -0.406 e. The maximum atomic E-state index is 10.8. The van der Waals surface area contributed by atoms with Crippen LogP contribution in [0.5, 0.6) is 0 Å². The highest BCUT2D eigenvalue weighted by molar-refractivity contribution is 5.69. The first kappa shape index (κ1) is 9.21. The number of aromatic nitrogens is 2. The molecule has 0 fully saturated rings. The van der Waals surface area contributed by atoms with E-state index in [1.807, 2.05) is 0 Å². The van der Waals surface area contributed by atoms with E-state index < -0.39 is 5.76 Å². The van der Waals surface area contributed by atoms with Crippen molar-refractivity contribution in [3.05, 3.63) is 28.4 Å². The number of aldehydes is 1. The predicted molar refractivity (Wildman–Crippen MR) is 52.2 cm³/mol. The first-order chi connectivity index (χ1) is 7.29. The predicted octanol–water partition coefficient (Wildman–Crippen LogP) is 0.457. The molecule has 2 heterocycles. The Morgan fingerprint density at radius 3 is 3.27 bits per heavy atom. The third kappa shape index (κ3) is 1.94. The highest BCUT2D eigenvalue weighted by Crippen LogP contribution is 2.07. The molecular weight excluding hydrogens is 196 g/mol. The highest BCUT2D eigenvalue weighted by Gasteiger charge is 2.01. The zero-order valence-corrected chi connectivity index (χ0v) is 7.61. The van der Waals surface area contributed by atoms with Crippen molar-refractivity contribution in [2.45, 2.75) is 6.42 Å². The first-order valence-electron chi connectivity index (χ1n) is 4.21. The Balaban J connectivity index is 2.43. The Bertz CT molecular complexity index is 613. The third-order valence-electron chi connectivity index (χ3n) is 1.69. The maximum Gasteiger partial charge on any atom is 0.418 e. The molecule has 0 aliphatic heterocycles. The van der Waals surface area contributed by atoms with E-state index in [1.165, 1.54) is 6.20 Å². The van der Waals surface area contributed by atoms with Crippen LogP contribution in [0.1, 0.15) is 12.0 Å². The highest BCUT2D eigenvalue weighted by atomic mass is 16.4. The van der Waals surface area contributed by atoms with Crippen molar-refractivity contribution in [1.29, 1.82) is 0 Å². The van der Waals surface area contributed by atoms with Crippen LogP contribution < -0.4 is 5.76 Å². The van der Waals surface area contributed by atoms with E-state index in [4.69, 9.17) is 4.42 Å². The van der Waals surface area contributed by atoms with Gasteiger partial charge < -0.3 is 9.21 Å². The summed E-state index contributed by atoms with van der Waals surface area (Å²) < 4.78 is 4.80. The molecule has 5 nitrogen and oxygen atoms in total. The number of nitrogens with one attached hydrogen (secondary N) is 1. The van der Waals surface area contributed by atoms with Gasteiger partial charge in [-0.05, 0) is 0 Å². The summed E-state index contributed by atoms with van der Waals surface area (Å²) in [5.74, 6) is 4.82. The Morgan fingerprint density at radius 2 is 2.47 bits per heavy atom. The van der Waals surface area contributed by atoms with Gasteiger partial charge in [0.05, 0.1) is 6.42 Å². The molecule has 5 heteroatoms. The molecule has 1 N–H and O–H groups in total. The standard InChI is InChI=1S/C10H6N2O3/c13-4-2-1-3-7-5-8-9(11-6-7)12-10(14)15-8/h4-6H,2H2,(H,11,12,14). The van der Waals surface area contributed by atoms with Gasteiger partial charge in [0.2, 0.25) is 0 Å². The fourth-order valence-electron chi connectivity index (χ4n) is 1.10. The minimum atomic E-state index is -0.546. The van der Waals surface area contributed by atoms with E-state index in [2.05, 4.69) is 21.8 Å². The lowest BCUT2D eigenvalue weighted by atomic mass is 10.3. The molecule has 2 rings (SSSR count). The molecule has 0 atom stereocenters. The van der Waals surface area contributed by atoms with Gasteiger partial charge in [0.25, 0.3) is 0 Å². The molecule has 0 saturated carbocycles. The number of hydrogen-bond acceptors (Lipinski definition) is 4. The van der Waals surface area contributed by atoms with Crippen LogP contribution in [0.4, 0.5) is 0 Å². The molecule has 0 unspecified atom stereocenters. The van der Waals surface area contributed by atoms with Crippen LogP contribution in [0.25, 0.3) is 11.2 Å². The van der Waals surface area contributed by atoms with E-state index in [9.17, 15) is 9.59 Å². The number of nitrogens with zero attached hydrogens (tertiary/aromatic N) is 1. The van der Waals surface area contributed by atoms with E-state index >= 15 is 0 Å². The van der Waals surface area contributed by atoms with Crippen molar-refractivity contribution >= 4 is 17.5 Å². The number of fused-ring (bicyclic) bond motifs is 1. The average molecular weight is 202 g/mol. The van der Waals surface area contributed by atoms with Crippen LogP contribution in [0.2, 0.25) is 0 Å². The summed E-state index contributed by atoms with van der Waals surface area (Å²) in [5.41, 5.74) is 1.35. The Morgan fingerprint density at radius 1 is 1.60 bits per heavy atom. The molecular formula is C10H6N2O3. The normalized spacial score (nSPS) is 9.60. The number of carbonyl (C=O) groups is 1. The number of hydrogen-bond donors (Lipinski definition) is 1. The third-order valence-corrected chi connectivity index (χ3v) is 1.69. The molecule has 2 aromatic rings. The van der Waals surface area contributed by atoms with Crippen LogP contribution in [-0.4, -0.2) is 16.3 Å². The van der Waals surface area contributed by atoms with Gasteiger partial charge >= 0.3 is 5.76 Å². The number of pyridine rings is 1. The first-order valence-corrected chi connectivity index (χ1v) is 4.21. The van der Waals surface area contributed by atoms with Gasteiger partial charge in [0.15, 0.2) is 11.2 Å². The zero-order valence-electron chi connectivity index (χ0n) is 7.61. The lowest BCUT2D eigenvalue weighted by molar-refractivity contribution is -0.107. The Hall–Kier alpha value is -2.35. The lowest BCUT2D eigenvalue weighted by Gasteiger charge is -1.87. The number of rotatable bonds is 1. The molecule has 0 bridgehead atoms. The van der Waals surface area contributed by atoms with E-state index in [-0.39, 0.29) is 6.42 Å². The van der Waals surface area contributed by atoms with E-state index in [0.717, 1.165) is 6.29 Å². The van der Waals surface area contributed by atoms with Gasteiger partial charge in [0, 0.05) is 17.8 Å². The van der Waals surface area contributed by atoms with Crippen molar-refractivity contribution in [1.82, 2.24) is 9.97 Å². The van der Waals surface area contributed by atoms with Gasteiger partial charge in [-0.15, -0.1) is 0 Å². The summed E-state index contributed by atoms with van der Waals surface area (Å²) >= 11 is 0. The van der Waals surface area contributed by atoms with Crippen LogP contribution in [0.15, 0.2) is 21.5 Å². The van der Waals surface area contributed by atoms with Gasteiger partial charge in [-0.25, -0.2) is 9.78 Å². The van der Waals surface area contributed by atoms with Crippen LogP contribution in [0, 0.1) is 11.8 Å². The summed E-state index contributed by atoms with van der Waals surface area (Å²) in [6, 6.07) is 1.60. The maximum absolute atomic E-state index is 10.8. The molecule has 0 aromatic carbocycles. The monoisotopic (exact) mass is 202 g/mol. The fraction of sp³-hybridized carbons (Fsp3) is 0.100.